The zero-order valence-electron chi connectivity index (χ0n) is 9.25. The van der Waals surface area contributed by atoms with Gasteiger partial charge in [-0.2, -0.15) is 0 Å². The zero-order chi connectivity index (χ0) is 11.6. The van der Waals surface area contributed by atoms with Crippen LogP contribution in [0, 0.1) is 11.8 Å². The van der Waals surface area contributed by atoms with E-state index in [0.29, 0.717) is 22.2 Å². The molecule has 0 spiro atoms. The summed E-state index contributed by atoms with van der Waals surface area (Å²) in [6.45, 7) is 5.99. The van der Waals surface area contributed by atoms with Crippen LogP contribution in [0.1, 0.15) is 31.1 Å². The van der Waals surface area contributed by atoms with Gasteiger partial charge in [0.25, 0.3) is 0 Å². The third-order valence-corrected chi connectivity index (χ3v) is 3.03. The molecule has 3 heteroatoms. The van der Waals surface area contributed by atoms with Crippen LogP contribution in [-0.4, -0.2) is 5.78 Å². The summed E-state index contributed by atoms with van der Waals surface area (Å²) in [6, 6.07) is 5.03. The second-order valence-electron chi connectivity index (χ2n) is 4.13. The van der Waals surface area contributed by atoms with E-state index in [1.807, 2.05) is 20.8 Å². The molecular weight excluding hydrogens is 210 g/mol. The molecule has 0 bridgehead atoms. The van der Waals surface area contributed by atoms with E-state index in [1.54, 1.807) is 18.2 Å². The first-order chi connectivity index (χ1) is 6.93. The molecule has 1 aromatic carbocycles. The van der Waals surface area contributed by atoms with Crippen LogP contribution in [0.15, 0.2) is 18.2 Å². The molecule has 0 aromatic heterocycles. The highest BCUT2D eigenvalue weighted by Crippen LogP contribution is 2.23. The normalized spacial score (nSPS) is 12.9. The molecule has 1 unspecified atom stereocenters. The lowest BCUT2D eigenvalue weighted by Crippen LogP contribution is -2.16. The van der Waals surface area contributed by atoms with Gasteiger partial charge >= 0.3 is 0 Å². The lowest BCUT2D eigenvalue weighted by molar-refractivity contribution is 0.0900. The Kier molecular flexibility index (Phi) is 3.75. The van der Waals surface area contributed by atoms with Crippen molar-refractivity contribution in [1.29, 1.82) is 0 Å². The van der Waals surface area contributed by atoms with E-state index < -0.39 is 0 Å². The number of hydrogen-bond donors (Lipinski definition) is 1. The van der Waals surface area contributed by atoms with E-state index in [1.165, 1.54) is 0 Å². The number of nitrogens with two attached hydrogens (primary N) is 1. The first kappa shape index (κ1) is 12.1. The summed E-state index contributed by atoms with van der Waals surface area (Å²) in [5, 5.41) is 0.441. The van der Waals surface area contributed by atoms with Gasteiger partial charge in [-0.3, -0.25) is 4.79 Å². The second kappa shape index (κ2) is 4.67. The number of nitrogen functional groups attached to an aromatic ring is 1. The van der Waals surface area contributed by atoms with E-state index in [4.69, 9.17) is 17.3 Å². The summed E-state index contributed by atoms with van der Waals surface area (Å²) in [5.74, 6) is 0.449. The van der Waals surface area contributed by atoms with Crippen molar-refractivity contribution in [3.05, 3.63) is 28.8 Å². The second-order valence-corrected chi connectivity index (χ2v) is 4.54. The summed E-state index contributed by atoms with van der Waals surface area (Å²) < 4.78 is 0. The van der Waals surface area contributed by atoms with Gasteiger partial charge in [-0.25, -0.2) is 0 Å². The maximum absolute atomic E-state index is 12.0. The van der Waals surface area contributed by atoms with Gasteiger partial charge in [-0.15, -0.1) is 0 Å². The minimum atomic E-state index is 0.00434. The lowest BCUT2D eigenvalue weighted by atomic mass is 9.90. The van der Waals surface area contributed by atoms with Gasteiger partial charge in [0.15, 0.2) is 5.78 Å². The summed E-state index contributed by atoms with van der Waals surface area (Å²) in [7, 11) is 0. The van der Waals surface area contributed by atoms with Crippen LogP contribution in [0.25, 0.3) is 0 Å². The Bertz CT molecular complexity index is 374. The first-order valence-corrected chi connectivity index (χ1v) is 5.40. The average Bonchev–Trinajstić information content (AvgIpc) is 2.19. The molecule has 1 aromatic rings. The standard InChI is InChI=1S/C12H16ClNO/c1-7(2)8(3)12(15)9-4-5-11(14)10(13)6-9/h4-8H,14H2,1-3H3. The van der Waals surface area contributed by atoms with Gasteiger partial charge in [0.2, 0.25) is 0 Å². The quantitative estimate of drug-likeness (QED) is 0.633. The molecule has 0 saturated heterocycles. The summed E-state index contributed by atoms with van der Waals surface area (Å²) in [5.41, 5.74) is 6.72. The van der Waals surface area contributed by atoms with Gasteiger partial charge in [-0.1, -0.05) is 32.4 Å². The summed E-state index contributed by atoms with van der Waals surface area (Å²) in [4.78, 5) is 12.0. The molecule has 1 rings (SSSR count). The fraction of sp³-hybridized carbons (Fsp3) is 0.417. The molecule has 2 nitrogen and oxygen atoms in total. The minimum absolute atomic E-state index is 0.00434. The van der Waals surface area contributed by atoms with Crippen molar-refractivity contribution >= 4 is 23.1 Å². The van der Waals surface area contributed by atoms with Crippen molar-refractivity contribution in [2.75, 3.05) is 5.73 Å². The monoisotopic (exact) mass is 225 g/mol. The van der Waals surface area contributed by atoms with Gasteiger partial charge in [0.1, 0.15) is 0 Å². The fourth-order valence-corrected chi connectivity index (χ4v) is 1.43. The predicted molar refractivity (Wildman–Crippen MR) is 64.2 cm³/mol. The molecule has 0 amide bonds. The molecule has 0 heterocycles. The molecule has 0 saturated carbocycles. The fourth-order valence-electron chi connectivity index (χ4n) is 1.25. The van der Waals surface area contributed by atoms with Crippen molar-refractivity contribution in [2.45, 2.75) is 20.8 Å². The van der Waals surface area contributed by atoms with Crippen LogP contribution < -0.4 is 5.73 Å². The van der Waals surface area contributed by atoms with Crippen molar-refractivity contribution in [3.8, 4) is 0 Å². The van der Waals surface area contributed by atoms with E-state index in [9.17, 15) is 4.79 Å². The van der Waals surface area contributed by atoms with Crippen molar-refractivity contribution < 1.29 is 4.79 Å². The molecule has 0 aliphatic carbocycles. The number of carbonyl (C=O) groups is 1. The third-order valence-electron chi connectivity index (χ3n) is 2.70. The molecule has 0 aliphatic heterocycles. The highest BCUT2D eigenvalue weighted by molar-refractivity contribution is 6.33. The largest absolute Gasteiger partial charge is 0.398 e. The third kappa shape index (κ3) is 2.72. The Morgan fingerprint density at radius 3 is 2.40 bits per heavy atom. The first-order valence-electron chi connectivity index (χ1n) is 5.02. The van der Waals surface area contributed by atoms with Crippen molar-refractivity contribution in [1.82, 2.24) is 0 Å². The number of benzene rings is 1. The van der Waals surface area contributed by atoms with Crippen molar-refractivity contribution in [2.24, 2.45) is 11.8 Å². The maximum Gasteiger partial charge on any atom is 0.165 e. The van der Waals surface area contributed by atoms with Gasteiger partial charge in [0, 0.05) is 11.5 Å². The number of halogens is 1. The summed E-state index contributed by atoms with van der Waals surface area (Å²) in [6.07, 6.45) is 0. The van der Waals surface area contributed by atoms with Crippen LogP contribution in [0.5, 0.6) is 0 Å². The van der Waals surface area contributed by atoms with Gasteiger partial charge in [-0.05, 0) is 24.1 Å². The van der Waals surface area contributed by atoms with Crippen LogP contribution in [-0.2, 0) is 0 Å². The number of ketones is 1. The Balaban J connectivity index is 2.97. The smallest absolute Gasteiger partial charge is 0.165 e. The number of rotatable bonds is 3. The number of hydrogen-bond acceptors (Lipinski definition) is 2. The topological polar surface area (TPSA) is 43.1 Å². The van der Waals surface area contributed by atoms with E-state index in [2.05, 4.69) is 0 Å². The molecule has 0 fully saturated rings. The highest BCUT2D eigenvalue weighted by atomic mass is 35.5. The molecule has 0 radical (unpaired) electrons. The Labute approximate surface area is 95.4 Å². The van der Waals surface area contributed by atoms with E-state index in [-0.39, 0.29) is 11.7 Å². The number of Topliss-reactive ketones (excluding diaryl/α,β-unsaturated/α-hetero) is 1. The molecule has 15 heavy (non-hydrogen) atoms. The molecular formula is C12H16ClNO. The zero-order valence-corrected chi connectivity index (χ0v) is 10.0. The van der Waals surface area contributed by atoms with Crippen LogP contribution >= 0.6 is 11.6 Å². The number of anilines is 1. The predicted octanol–water partition coefficient (Wildman–Crippen LogP) is 3.40. The van der Waals surface area contributed by atoms with Gasteiger partial charge in [0.05, 0.1) is 10.7 Å². The van der Waals surface area contributed by atoms with E-state index in [0.717, 1.165) is 0 Å². The van der Waals surface area contributed by atoms with Crippen LogP contribution in [0.3, 0.4) is 0 Å². The average molecular weight is 226 g/mol. The highest BCUT2D eigenvalue weighted by Gasteiger charge is 2.18. The van der Waals surface area contributed by atoms with Crippen LogP contribution in [0.4, 0.5) is 5.69 Å². The SMILES string of the molecule is CC(C)C(C)C(=O)c1ccc(N)c(Cl)c1. The number of carbonyl (C=O) groups excluding carboxylic acids is 1. The molecule has 82 valence electrons. The maximum atomic E-state index is 12.0. The molecule has 0 aliphatic rings. The Morgan fingerprint density at radius 2 is 1.93 bits per heavy atom. The van der Waals surface area contributed by atoms with Gasteiger partial charge < -0.3 is 5.73 Å². The Hall–Kier alpha value is -1.02. The lowest BCUT2D eigenvalue weighted by Gasteiger charge is -2.14. The molecule has 1 atom stereocenters. The molecule has 2 N–H and O–H groups in total. The van der Waals surface area contributed by atoms with Crippen molar-refractivity contribution in [3.63, 3.8) is 0 Å². The summed E-state index contributed by atoms with van der Waals surface area (Å²) >= 11 is 5.86. The Morgan fingerprint density at radius 1 is 1.33 bits per heavy atom. The van der Waals surface area contributed by atoms with E-state index >= 15 is 0 Å². The van der Waals surface area contributed by atoms with Crippen LogP contribution in [0.2, 0.25) is 5.02 Å². The minimum Gasteiger partial charge on any atom is -0.398 e.